The molecule has 2 fully saturated rings. The molecular formula is C18H33N3O3. The van der Waals surface area contributed by atoms with Crippen LogP contribution in [-0.4, -0.2) is 73.1 Å². The minimum Gasteiger partial charge on any atom is -0.381 e. The van der Waals surface area contributed by atoms with E-state index < -0.39 is 0 Å². The molecule has 2 saturated heterocycles. The number of piperidine rings is 1. The summed E-state index contributed by atoms with van der Waals surface area (Å²) in [7, 11) is 0. The molecule has 0 saturated carbocycles. The lowest BCUT2D eigenvalue weighted by molar-refractivity contribution is -0.130. The molecule has 0 bridgehead atoms. The van der Waals surface area contributed by atoms with Crippen LogP contribution in [0.3, 0.4) is 0 Å². The molecular weight excluding hydrogens is 306 g/mol. The van der Waals surface area contributed by atoms with Gasteiger partial charge in [0.05, 0.1) is 0 Å². The Hall–Kier alpha value is -1.14. The van der Waals surface area contributed by atoms with Gasteiger partial charge in [-0.05, 0) is 25.7 Å². The van der Waals surface area contributed by atoms with Gasteiger partial charge in [0.2, 0.25) is 11.8 Å². The predicted octanol–water partition coefficient (Wildman–Crippen LogP) is 1.25. The third-order valence-corrected chi connectivity index (χ3v) is 5.23. The van der Waals surface area contributed by atoms with Gasteiger partial charge in [-0.25, -0.2) is 0 Å². The molecule has 2 rings (SSSR count). The molecule has 2 amide bonds. The van der Waals surface area contributed by atoms with Gasteiger partial charge in [0.25, 0.3) is 0 Å². The first-order valence-electron chi connectivity index (χ1n) is 9.35. The number of hydrogen-bond donors (Lipinski definition) is 1. The lowest BCUT2D eigenvalue weighted by Crippen LogP contribution is -2.53. The first kappa shape index (κ1) is 19.2. The van der Waals surface area contributed by atoms with Crippen molar-refractivity contribution in [2.75, 3.05) is 39.4 Å². The average Bonchev–Trinajstić information content (AvgIpc) is 2.59. The molecule has 0 aromatic rings. The summed E-state index contributed by atoms with van der Waals surface area (Å²) in [5.41, 5.74) is 0. The standard InChI is InChI=1S/C18H33N3O3/c1-14(2)18(23)19-8-11-21(17-6-12-24-13-7-17)16-4-9-20(10-5-16)15(3)22/h14,16-17H,4-13H2,1-3H3,(H,19,23). The fraction of sp³-hybridized carbons (Fsp3) is 0.889. The lowest BCUT2D eigenvalue weighted by Gasteiger charge is -2.43. The van der Waals surface area contributed by atoms with Crippen molar-refractivity contribution in [2.45, 2.75) is 58.5 Å². The van der Waals surface area contributed by atoms with Crippen LogP contribution in [0.2, 0.25) is 0 Å². The highest BCUT2D eigenvalue weighted by atomic mass is 16.5. The quantitative estimate of drug-likeness (QED) is 0.791. The Morgan fingerprint density at radius 2 is 1.71 bits per heavy atom. The van der Waals surface area contributed by atoms with E-state index >= 15 is 0 Å². The van der Waals surface area contributed by atoms with Crippen LogP contribution in [-0.2, 0) is 14.3 Å². The number of amides is 2. The Kier molecular flexibility index (Phi) is 7.49. The fourth-order valence-electron chi connectivity index (χ4n) is 3.70. The van der Waals surface area contributed by atoms with Gasteiger partial charge in [-0.1, -0.05) is 13.8 Å². The molecule has 24 heavy (non-hydrogen) atoms. The summed E-state index contributed by atoms with van der Waals surface area (Å²) in [4.78, 5) is 27.9. The molecule has 0 aliphatic carbocycles. The maximum absolute atomic E-state index is 11.8. The number of likely N-dealkylation sites (tertiary alicyclic amines) is 1. The molecule has 2 aliphatic rings. The molecule has 0 unspecified atom stereocenters. The molecule has 138 valence electrons. The third-order valence-electron chi connectivity index (χ3n) is 5.23. The van der Waals surface area contributed by atoms with Crippen molar-refractivity contribution in [3.05, 3.63) is 0 Å². The molecule has 0 aromatic heterocycles. The predicted molar refractivity (Wildman–Crippen MR) is 93.7 cm³/mol. The van der Waals surface area contributed by atoms with Crippen LogP contribution in [0.15, 0.2) is 0 Å². The van der Waals surface area contributed by atoms with Gasteiger partial charge >= 0.3 is 0 Å². The molecule has 0 aromatic carbocycles. The van der Waals surface area contributed by atoms with Crippen molar-refractivity contribution in [1.29, 1.82) is 0 Å². The molecule has 1 N–H and O–H groups in total. The second-order valence-electron chi connectivity index (χ2n) is 7.26. The topological polar surface area (TPSA) is 61.9 Å². The molecule has 0 spiro atoms. The third kappa shape index (κ3) is 5.45. The van der Waals surface area contributed by atoms with Crippen LogP contribution >= 0.6 is 0 Å². The van der Waals surface area contributed by atoms with E-state index in [1.54, 1.807) is 6.92 Å². The van der Waals surface area contributed by atoms with Gasteiger partial charge < -0.3 is 15.0 Å². The Morgan fingerprint density at radius 3 is 2.25 bits per heavy atom. The molecule has 6 heteroatoms. The zero-order chi connectivity index (χ0) is 17.5. The Labute approximate surface area is 145 Å². The Morgan fingerprint density at radius 1 is 1.12 bits per heavy atom. The van der Waals surface area contributed by atoms with E-state index in [1.807, 2.05) is 18.7 Å². The molecule has 2 aliphatic heterocycles. The minimum absolute atomic E-state index is 0.0281. The summed E-state index contributed by atoms with van der Waals surface area (Å²) >= 11 is 0. The van der Waals surface area contributed by atoms with Crippen molar-refractivity contribution >= 4 is 11.8 Å². The highest BCUT2D eigenvalue weighted by molar-refractivity contribution is 5.77. The minimum atomic E-state index is 0.0281. The van der Waals surface area contributed by atoms with Crippen molar-refractivity contribution < 1.29 is 14.3 Å². The van der Waals surface area contributed by atoms with Crippen LogP contribution in [0.5, 0.6) is 0 Å². The highest BCUT2D eigenvalue weighted by Gasteiger charge is 2.31. The van der Waals surface area contributed by atoms with Gasteiger partial charge in [0, 0.05) is 64.3 Å². The van der Waals surface area contributed by atoms with Gasteiger partial charge in [-0.2, -0.15) is 0 Å². The van der Waals surface area contributed by atoms with Gasteiger partial charge in [0.15, 0.2) is 0 Å². The van der Waals surface area contributed by atoms with Crippen LogP contribution in [0.4, 0.5) is 0 Å². The van der Waals surface area contributed by atoms with E-state index in [2.05, 4.69) is 10.2 Å². The highest BCUT2D eigenvalue weighted by Crippen LogP contribution is 2.23. The van der Waals surface area contributed by atoms with Crippen LogP contribution in [0, 0.1) is 5.92 Å². The summed E-state index contributed by atoms with van der Waals surface area (Å²) in [6.45, 7) is 10.4. The Balaban J connectivity index is 1.90. The van der Waals surface area contributed by atoms with Crippen molar-refractivity contribution in [2.24, 2.45) is 5.92 Å². The largest absolute Gasteiger partial charge is 0.381 e. The normalized spacial score (nSPS) is 20.6. The molecule has 6 nitrogen and oxygen atoms in total. The Bertz CT molecular complexity index is 414. The van der Waals surface area contributed by atoms with E-state index in [0.29, 0.717) is 18.6 Å². The monoisotopic (exact) mass is 339 g/mol. The molecule has 0 radical (unpaired) electrons. The van der Waals surface area contributed by atoms with Crippen LogP contribution < -0.4 is 5.32 Å². The van der Waals surface area contributed by atoms with Crippen molar-refractivity contribution in [3.8, 4) is 0 Å². The maximum atomic E-state index is 11.8. The van der Waals surface area contributed by atoms with E-state index in [4.69, 9.17) is 4.74 Å². The van der Waals surface area contributed by atoms with Crippen LogP contribution in [0.1, 0.15) is 46.5 Å². The second kappa shape index (κ2) is 9.37. The zero-order valence-corrected chi connectivity index (χ0v) is 15.4. The van der Waals surface area contributed by atoms with Gasteiger partial charge in [0.1, 0.15) is 0 Å². The maximum Gasteiger partial charge on any atom is 0.222 e. The lowest BCUT2D eigenvalue weighted by atomic mass is 9.98. The number of hydrogen-bond acceptors (Lipinski definition) is 4. The fourth-order valence-corrected chi connectivity index (χ4v) is 3.70. The molecule has 2 heterocycles. The van der Waals surface area contributed by atoms with Crippen molar-refractivity contribution in [3.63, 3.8) is 0 Å². The summed E-state index contributed by atoms with van der Waals surface area (Å²) in [6, 6.07) is 1.03. The zero-order valence-electron chi connectivity index (χ0n) is 15.4. The van der Waals surface area contributed by atoms with Gasteiger partial charge in [-0.3, -0.25) is 14.5 Å². The van der Waals surface area contributed by atoms with E-state index in [9.17, 15) is 9.59 Å². The second-order valence-corrected chi connectivity index (χ2v) is 7.26. The van der Waals surface area contributed by atoms with Crippen LogP contribution in [0.25, 0.3) is 0 Å². The number of carbonyl (C=O) groups excluding carboxylic acids is 2. The average molecular weight is 339 g/mol. The number of ether oxygens (including phenoxy) is 1. The van der Waals surface area contributed by atoms with Gasteiger partial charge in [-0.15, -0.1) is 0 Å². The number of carbonyl (C=O) groups is 2. The smallest absolute Gasteiger partial charge is 0.222 e. The van der Waals surface area contributed by atoms with E-state index in [1.165, 1.54) is 0 Å². The first-order chi connectivity index (χ1) is 11.5. The van der Waals surface area contributed by atoms with E-state index in [0.717, 1.165) is 58.5 Å². The van der Waals surface area contributed by atoms with E-state index in [-0.39, 0.29) is 17.7 Å². The summed E-state index contributed by atoms with van der Waals surface area (Å²) in [5.74, 6) is 0.323. The first-order valence-corrected chi connectivity index (χ1v) is 9.35. The number of nitrogens with one attached hydrogen (secondary N) is 1. The summed E-state index contributed by atoms with van der Waals surface area (Å²) in [6.07, 6.45) is 4.17. The molecule has 0 atom stereocenters. The summed E-state index contributed by atoms with van der Waals surface area (Å²) in [5, 5.41) is 3.04. The SMILES string of the molecule is CC(=O)N1CCC(N(CCNC(=O)C(C)C)C2CCOCC2)CC1. The number of rotatable bonds is 6. The summed E-state index contributed by atoms with van der Waals surface area (Å²) < 4.78 is 5.51. The number of nitrogens with zero attached hydrogens (tertiary/aromatic N) is 2. The van der Waals surface area contributed by atoms with Crippen molar-refractivity contribution in [1.82, 2.24) is 15.1 Å².